The van der Waals surface area contributed by atoms with Crippen LogP contribution in [0.2, 0.25) is 0 Å². The number of fused-ring (bicyclic) bond motifs is 1. The molecule has 7 heteroatoms. The van der Waals surface area contributed by atoms with Crippen LogP contribution in [-0.2, 0) is 19.4 Å². The third-order valence-corrected chi connectivity index (χ3v) is 5.76. The van der Waals surface area contributed by atoms with Crippen LogP contribution in [0.4, 0.5) is 0 Å². The highest BCUT2D eigenvalue weighted by atomic mass is 32.2. The molecule has 1 aliphatic carbocycles. The van der Waals surface area contributed by atoms with Gasteiger partial charge in [0, 0.05) is 30.7 Å². The Morgan fingerprint density at radius 3 is 2.70 bits per heavy atom. The molecule has 3 atom stereocenters. The summed E-state index contributed by atoms with van der Waals surface area (Å²) in [5.41, 5.74) is 4.97. The lowest BCUT2D eigenvalue weighted by Gasteiger charge is -2.65. The Labute approximate surface area is 120 Å². The number of hydrogen-bond donors (Lipinski definition) is 2. The first-order valence-corrected chi connectivity index (χ1v) is 9.03. The summed E-state index contributed by atoms with van der Waals surface area (Å²) in [6, 6.07) is 0. The molecule has 20 heavy (non-hydrogen) atoms. The molecular weight excluding hydrogens is 280 g/mol. The lowest BCUT2D eigenvalue weighted by Crippen LogP contribution is -2.82. The molecule has 6 nitrogen and oxygen atoms in total. The number of nitrogens with two attached hydrogens (primary N) is 1. The number of carbonyl (C=O) groups excluding carboxylic acids is 1. The zero-order valence-electron chi connectivity index (χ0n) is 12.3. The smallest absolute Gasteiger partial charge is 0.241 e. The van der Waals surface area contributed by atoms with Crippen molar-refractivity contribution >= 4 is 15.7 Å². The number of sulfone groups is 1. The molecule has 2 rings (SSSR count). The molecule has 0 bridgehead atoms. The van der Waals surface area contributed by atoms with Crippen molar-refractivity contribution in [3.63, 3.8) is 0 Å². The number of carbonyl (C=O) groups is 1. The minimum absolute atomic E-state index is 0.0157. The maximum absolute atomic E-state index is 12.4. The first-order chi connectivity index (χ1) is 9.11. The first kappa shape index (κ1) is 15.7. The van der Waals surface area contributed by atoms with E-state index in [2.05, 4.69) is 5.32 Å². The van der Waals surface area contributed by atoms with Crippen LogP contribution in [-0.4, -0.2) is 51.1 Å². The van der Waals surface area contributed by atoms with Gasteiger partial charge in [-0.05, 0) is 12.8 Å². The maximum atomic E-state index is 12.4. The maximum Gasteiger partial charge on any atom is 0.241 e. The van der Waals surface area contributed by atoms with Crippen molar-refractivity contribution in [1.29, 1.82) is 0 Å². The SMILES string of the molecule is CC1(C)C2OCCCC2C1(N)C(=O)NCCS(C)(=O)=O. The molecule has 0 aromatic heterocycles. The van der Waals surface area contributed by atoms with Gasteiger partial charge in [0.15, 0.2) is 0 Å². The Balaban J connectivity index is 2.04. The van der Waals surface area contributed by atoms with Crippen molar-refractivity contribution in [3.05, 3.63) is 0 Å². The molecular formula is C13H24N2O4S. The van der Waals surface area contributed by atoms with Gasteiger partial charge in [-0.15, -0.1) is 0 Å². The van der Waals surface area contributed by atoms with E-state index in [0.717, 1.165) is 25.7 Å². The fourth-order valence-electron chi connectivity index (χ4n) is 3.53. The van der Waals surface area contributed by atoms with Crippen LogP contribution in [0.5, 0.6) is 0 Å². The average molecular weight is 304 g/mol. The molecule has 0 aromatic rings. The van der Waals surface area contributed by atoms with Crippen molar-refractivity contribution < 1.29 is 17.9 Å². The van der Waals surface area contributed by atoms with E-state index in [1.54, 1.807) is 0 Å². The second-order valence-corrected chi connectivity index (χ2v) is 8.78. The van der Waals surface area contributed by atoms with Crippen LogP contribution in [0, 0.1) is 11.3 Å². The number of rotatable bonds is 4. The van der Waals surface area contributed by atoms with E-state index >= 15 is 0 Å². The average Bonchev–Trinajstić information content (AvgIpc) is 2.36. The molecule has 1 aliphatic heterocycles. The van der Waals surface area contributed by atoms with E-state index in [1.165, 1.54) is 0 Å². The molecule has 2 aliphatic rings. The summed E-state index contributed by atoms with van der Waals surface area (Å²) < 4.78 is 27.9. The molecule has 1 heterocycles. The molecule has 3 N–H and O–H groups in total. The van der Waals surface area contributed by atoms with Gasteiger partial charge in [0.2, 0.25) is 5.91 Å². The summed E-state index contributed by atoms with van der Waals surface area (Å²) in [4.78, 5) is 12.4. The lowest BCUT2D eigenvalue weighted by atomic mass is 9.46. The van der Waals surface area contributed by atoms with Crippen LogP contribution in [0.15, 0.2) is 0 Å². The van der Waals surface area contributed by atoms with Crippen molar-refractivity contribution in [1.82, 2.24) is 5.32 Å². The molecule has 1 saturated heterocycles. The molecule has 2 fully saturated rings. The zero-order valence-corrected chi connectivity index (χ0v) is 13.1. The molecule has 0 aromatic carbocycles. The van der Waals surface area contributed by atoms with E-state index in [9.17, 15) is 13.2 Å². The van der Waals surface area contributed by atoms with Gasteiger partial charge in [-0.1, -0.05) is 13.8 Å². The van der Waals surface area contributed by atoms with Gasteiger partial charge >= 0.3 is 0 Å². The fourth-order valence-corrected chi connectivity index (χ4v) is 4.01. The van der Waals surface area contributed by atoms with Gasteiger partial charge in [0.1, 0.15) is 15.4 Å². The van der Waals surface area contributed by atoms with Gasteiger partial charge in [-0.2, -0.15) is 0 Å². The molecule has 1 saturated carbocycles. The van der Waals surface area contributed by atoms with Crippen molar-refractivity contribution in [2.45, 2.75) is 38.3 Å². The Morgan fingerprint density at radius 2 is 2.10 bits per heavy atom. The number of hydrogen-bond acceptors (Lipinski definition) is 5. The Bertz CT molecular complexity index is 503. The summed E-state index contributed by atoms with van der Waals surface area (Å²) in [5, 5.41) is 2.67. The summed E-state index contributed by atoms with van der Waals surface area (Å²) in [7, 11) is -3.09. The topological polar surface area (TPSA) is 98.5 Å². The normalized spacial score (nSPS) is 35.8. The van der Waals surface area contributed by atoms with Crippen LogP contribution < -0.4 is 11.1 Å². The predicted octanol–water partition coefficient (Wildman–Crippen LogP) is -0.320. The van der Waals surface area contributed by atoms with Gasteiger partial charge in [-0.3, -0.25) is 4.79 Å². The van der Waals surface area contributed by atoms with Gasteiger partial charge < -0.3 is 15.8 Å². The zero-order chi connectivity index (χ0) is 15.2. The second kappa shape index (κ2) is 4.96. The quantitative estimate of drug-likeness (QED) is 0.741. The van der Waals surface area contributed by atoms with E-state index in [4.69, 9.17) is 10.5 Å². The number of ether oxygens (including phenoxy) is 1. The molecule has 1 amide bonds. The highest BCUT2D eigenvalue weighted by Gasteiger charge is 2.70. The minimum Gasteiger partial charge on any atom is -0.377 e. The lowest BCUT2D eigenvalue weighted by molar-refractivity contribution is -0.225. The van der Waals surface area contributed by atoms with Crippen molar-refractivity contribution in [3.8, 4) is 0 Å². The molecule has 3 unspecified atom stereocenters. The number of amides is 1. The van der Waals surface area contributed by atoms with Crippen LogP contribution >= 0.6 is 0 Å². The first-order valence-electron chi connectivity index (χ1n) is 6.97. The Hall–Kier alpha value is -0.660. The largest absolute Gasteiger partial charge is 0.377 e. The van der Waals surface area contributed by atoms with E-state index in [1.807, 2.05) is 13.8 Å². The summed E-state index contributed by atoms with van der Waals surface area (Å²) in [6.45, 7) is 4.70. The third-order valence-electron chi connectivity index (χ3n) is 4.82. The van der Waals surface area contributed by atoms with Crippen molar-refractivity contribution in [2.75, 3.05) is 25.2 Å². The Morgan fingerprint density at radius 1 is 1.45 bits per heavy atom. The van der Waals surface area contributed by atoms with E-state index < -0.39 is 20.8 Å². The molecule has 116 valence electrons. The Kier molecular flexibility index (Phi) is 3.90. The van der Waals surface area contributed by atoms with E-state index in [-0.39, 0.29) is 30.2 Å². The minimum atomic E-state index is -3.09. The summed E-state index contributed by atoms with van der Waals surface area (Å²) in [5.74, 6) is -0.317. The monoisotopic (exact) mass is 304 g/mol. The van der Waals surface area contributed by atoms with Crippen LogP contribution in [0.25, 0.3) is 0 Å². The standard InChI is InChI=1S/C13H24N2O4S/c1-12(2)10-9(5-4-7-19-10)13(12,14)11(16)15-6-8-20(3,17)18/h9-10H,4-8,14H2,1-3H3,(H,15,16). The van der Waals surface area contributed by atoms with E-state index in [0.29, 0.717) is 0 Å². The van der Waals surface area contributed by atoms with Gasteiger partial charge in [-0.25, -0.2) is 8.42 Å². The summed E-state index contributed by atoms with van der Waals surface area (Å²) in [6.07, 6.45) is 2.95. The summed E-state index contributed by atoms with van der Waals surface area (Å²) >= 11 is 0. The third kappa shape index (κ3) is 2.35. The van der Waals surface area contributed by atoms with Crippen LogP contribution in [0.3, 0.4) is 0 Å². The van der Waals surface area contributed by atoms with Crippen molar-refractivity contribution in [2.24, 2.45) is 17.1 Å². The number of nitrogens with one attached hydrogen (secondary N) is 1. The fraction of sp³-hybridized carbons (Fsp3) is 0.923. The molecule has 0 spiro atoms. The van der Waals surface area contributed by atoms with Crippen LogP contribution in [0.1, 0.15) is 26.7 Å². The van der Waals surface area contributed by atoms with Gasteiger partial charge in [0.25, 0.3) is 0 Å². The van der Waals surface area contributed by atoms with Gasteiger partial charge in [0.05, 0.1) is 11.9 Å². The molecule has 0 radical (unpaired) electrons. The predicted molar refractivity (Wildman–Crippen MR) is 75.9 cm³/mol. The highest BCUT2D eigenvalue weighted by Crippen LogP contribution is 2.57. The second-order valence-electron chi connectivity index (χ2n) is 6.52. The highest BCUT2D eigenvalue weighted by molar-refractivity contribution is 7.90.